The molecule has 0 aliphatic heterocycles. The lowest BCUT2D eigenvalue weighted by Gasteiger charge is -1.98. The van der Waals surface area contributed by atoms with Gasteiger partial charge in [0, 0.05) is 24.0 Å². The molecule has 15 heavy (non-hydrogen) atoms. The first kappa shape index (κ1) is 10.1. The summed E-state index contributed by atoms with van der Waals surface area (Å²) in [5.41, 5.74) is 2.20. The number of hydrogen-bond donors (Lipinski definition) is 0. The average Bonchev–Trinajstić information content (AvgIpc) is 2.63. The molecular formula is C13H12ClN. The van der Waals surface area contributed by atoms with E-state index in [0.717, 1.165) is 16.3 Å². The van der Waals surface area contributed by atoms with Crippen LogP contribution in [0.2, 0.25) is 5.02 Å². The molecule has 0 amide bonds. The smallest absolute Gasteiger partial charge is 0.0478 e. The van der Waals surface area contributed by atoms with Crippen LogP contribution in [0.25, 0.3) is 12.2 Å². The number of aromatic nitrogens is 1. The van der Waals surface area contributed by atoms with E-state index in [1.54, 1.807) is 0 Å². The molecule has 1 aromatic carbocycles. The predicted molar refractivity (Wildman–Crippen MR) is 65.8 cm³/mol. The van der Waals surface area contributed by atoms with E-state index in [9.17, 15) is 0 Å². The molecule has 0 saturated carbocycles. The maximum Gasteiger partial charge on any atom is 0.0478 e. The van der Waals surface area contributed by atoms with Crippen molar-refractivity contribution in [2.45, 2.75) is 0 Å². The third-order valence-corrected chi connectivity index (χ3v) is 2.67. The van der Waals surface area contributed by atoms with Gasteiger partial charge in [-0.25, -0.2) is 0 Å². The fraction of sp³-hybridized carbons (Fsp3) is 0.0769. The Morgan fingerprint density at radius 2 is 1.87 bits per heavy atom. The second-order valence-electron chi connectivity index (χ2n) is 3.40. The lowest BCUT2D eigenvalue weighted by Crippen LogP contribution is -1.86. The second-order valence-corrected chi connectivity index (χ2v) is 3.81. The fourth-order valence-corrected chi connectivity index (χ4v) is 1.63. The van der Waals surface area contributed by atoms with Crippen molar-refractivity contribution < 1.29 is 0 Å². The molecule has 0 atom stereocenters. The van der Waals surface area contributed by atoms with Gasteiger partial charge in [0.25, 0.3) is 0 Å². The van der Waals surface area contributed by atoms with Crippen molar-refractivity contribution in [3.8, 4) is 0 Å². The van der Waals surface area contributed by atoms with Crippen LogP contribution in [0.5, 0.6) is 0 Å². The van der Waals surface area contributed by atoms with Crippen LogP contribution in [0.4, 0.5) is 0 Å². The Balaban J connectivity index is 2.26. The van der Waals surface area contributed by atoms with Crippen molar-refractivity contribution in [1.82, 2.24) is 4.57 Å². The highest BCUT2D eigenvalue weighted by atomic mass is 35.5. The summed E-state index contributed by atoms with van der Waals surface area (Å²) in [7, 11) is 2.02. The summed E-state index contributed by atoms with van der Waals surface area (Å²) in [6, 6.07) is 11.9. The Hall–Kier alpha value is -1.47. The minimum atomic E-state index is 0.781. The van der Waals surface area contributed by atoms with Crippen LogP contribution in [0.15, 0.2) is 42.6 Å². The van der Waals surface area contributed by atoms with E-state index in [1.807, 2.05) is 49.7 Å². The van der Waals surface area contributed by atoms with E-state index >= 15 is 0 Å². The van der Waals surface area contributed by atoms with Gasteiger partial charge in [0.05, 0.1) is 0 Å². The zero-order chi connectivity index (χ0) is 10.7. The van der Waals surface area contributed by atoms with Gasteiger partial charge in [0.15, 0.2) is 0 Å². The number of halogens is 1. The molecule has 2 heteroatoms. The van der Waals surface area contributed by atoms with Gasteiger partial charge >= 0.3 is 0 Å². The third-order valence-electron chi connectivity index (χ3n) is 2.32. The molecule has 1 aromatic heterocycles. The van der Waals surface area contributed by atoms with Gasteiger partial charge in [-0.15, -0.1) is 0 Å². The molecule has 0 aliphatic rings. The lowest BCUT2D eigenvalue weighted by atomic mass is 10.2. The normalized spacial score (nSPS) is 11.1. The van der Waals surface area contributed by atoms with Crippen LogP contribution in [0, 0.1) is 0 Å². The summed E-state index contributed by atoms with van der Waals surface area (Å²) in [6.45, 7) is 0. The topological polar surface area (TPSA) is 4.93 Å². The van der Waals surface area contributed by atoms with Crippen molar-refractivity contribution in [3.63, 3.8) is 0 Å². The Kier molecular flexibility index (Phi) is 2.93. The van der Waals surface area contributed by atoms with Crippen LogP contribution >= 0.6 is 11.6 Å². The van der Waals surface area contributed by atoms with Crippen molar-refractivity contribution in [3.05, 3.63) is 58.9 Å². The van der Waals surface area contributed by atoms with E-state index < -0.39 is 0 Å². The molecule has 1 heterocycles. The summed E-state index contributed by atoms with van der Waals surface area (Å²) in [5, 5.41) is 0.781. The van der Waals surface area contributed by atoms with Crippen LogP contribution in [0.3, 0.4) is 0 Å². The molecule has 0 unspecified atom stereocenters. The zero-order valence-electron chi connectivity index (χ0n) is 8.52. The Morgan fingerprint density at radius 3 is 2.53 bits per heavy atom. The molecular weight excluding hydrogens is 206 g/mol. The van der Waals surface area contributed by atoms with Gasteiger partial charge in [0.1, 0.15) is 0 Å². The van der Waals surface area contributed by atoms with Crippen LogP contribution < -0.4 is 0 Å². The first-order valence-corrected chi connectivity index (χ1v) is 5.19. The van der Waals surface area contributed by atoms with Gasteiger partial charge in [-0.2, -0.15) is 0 Å². The summed E-state index contributed by atoms with van der Waals surface area (Å²) < 4.78 is 2.06. The van der Waals surface area contributed by atoms with Crippen LogP contribution in [-0.4, -0.2) is 4.57 Å². The van der Waals surface area contributed by atoms with Gasteiger partial charge in [-0.3, -0.25) is 0 Å². The Bertz CT molecular complexity index is 483. The molecule has 0 spiro atoms. The SMILES string of the molecule is Cn1cccc1C=Cc1ccccc1Cl. The molecule has 2 rings (SSSR count). The quantitative estimate of drug-likeness (QED) is 0.720. The molecule has 0 bridgehead atoms. The zero-order valence-corrected chi connectivity index (χ0v) is 9.28. The highest BCUT2D eigenvalue weighted by Gasteiger charge is 1.94. The molecule has 0 fully saturated rings. The van der Waals surface area contributed by atoms with Crippen molar-refractivity contribution in [2.24, 2.45) is 7.05 Å². The van der Waals surface area contributed by atoms with Crippen LogP contribution in [-0.2, 0) is 7.05 Å². The average molecular weight is 218 g/mol. The van der Waals surface area contributed by atoms with Gasteiger partial charge in [0.2, 0.25) is 0 Å². The molecule has 0 aliphatic carbocycles. The highest BCUT2D eigenvalue weighted by Crippen LogP contribution is 2.17. The minimum absolute atomic E-state index is 0.781. The summed E-state index contributed by atoms with van der Waals surface area (Å²) in [6.07, 6.45) is 6.10. The number of rotatable bonds is 2. The first-order chi connectivity index (χ1) is 7.27. The summed E-state index contributed by atoms with van der Waals surface area (Å²) in [4.78, 5) is 0. The number of benzene rings is 1. The molecule has 1 nitrogen and oxygen atoms in total. The first-order valence-electron chi connectivity index (χ1n) is 4.81. The van der Waals surface area contributed by atoms with E-state index in [-0.39, 0.29) is 0 Å². The van der Waals surface area contributed by atoms with Gasteiger partial charge in [-0.05, 0) is 29.8 Å². The largest absolute Gasteiger partial charge is 0.351 e. The van der Waals surface area contributed by atoms with Gasteiger partial charge < -0.3 is 4.57 Å². The molecule has 76 valence electrons. The number of aryl methyl sites for hydroxylation is 1. The molecule has 0 radical (unpaired) electrons. The van der Waals surface area contributed by atoms with E-state index in [1.165, 1.54) is 0 Å². The van der Waals surface area contributed by atoms with E-state index in [4.69, 9.17) is 11.6 Å². The highest BCUT2D eigenvalue weighted by molar-refractivity contribution is 6.32. The molecule has 0 N–H and O–H groups in total. The minimum Gasteiger partial charge on any atom is -0.351 e. The number of hydrogen-bond acceptors (Lipinski definition) is 0. The lowest BCUT2D eigenvalue weighted by molar-refractivity contribution is 0.915. The monoisotopic (exact) mass is 217 g/mol. The van der Waals surface area contributed by atoms with Crippen molar-refractivity contribution in [2.75, 3.05) is 0 Å². The fourth-order valence-electron chi connectivity index (χ4n) is 1.43. The number of nitrogens with zero attached hydrogens (tertiary/aromatic N) is 1. The second kappa shape index (κ2) is 4.37. The van der Waals surface area contributed by atoms with Gasteiger partial charge in [-0.1, -0.05) is 35.9 Å². The van der Waals surface area contributed by atoms with E-state index in [2.05, 4.69) is 16.7 Å². The van der Waals surface area contributed by atoms with Crippen LogP contribution in [0.1, 0.15) is 11.3 Å². The third kappa shape index (κ3) is 2.31. The van der Waals surface area contributed by atoms with Crippen molar-refractivity contribution >= 4 is 23.8 Å². The standard InChI is InChI=1S/C13H12ClN/c1-15-10-4-6-12(15)9-8-11-5-2-3-7-13(11)14/h2-10H,1H3. The molecule has 0 saturated heterocycles. The molecule has 2 aromatic rings. The summed E-state index contributed by atoms with van der Waals surface area (Å²) >= 11 is 6.05. The summed E-state index contributed by atoms with van der Waals surface area (Å²) in [5.74, 6) is 0. The predicted octanol–water partition coefficient (Wildman–Crippen LogP) is 3.85. The van der Waals surface area contributed by atoms with Crippen molar-refractivity contribution in [1.29, 1.82) is 0 Å². The van der Waals surface area contributed by atoms with E-state index in [0.29, 0.717) is 0 Å². The maximum atomic E-state index is 6.05. The Labute approximate surface area is 94.6 Å². The Morgan fingerprint density at radius 1 is 1.07 bits per heavy atom. The maximum absolute atomic E-state index is 6.05.